The molecule has 0 saturated heterocycles. The van der Waals surface area contributed by atoms with Crippen molar-refractivity contribution in [3.8, 4) is 0 Å². The molecule has 15 heavy (non-hydrogen) atoms. The molecule has 1 aromatic carbocycles. The molecule has 2 N–H and O–H groups in total. The highest BCUT2D eigenvalue weighted by atomic mass is 16.4. The van der Waals surface area contributed by atoms with Gasteiger partial charge in [0.1, 0.15) is 0 Å². The Kier molecular flexibility index (Phi) is 4.41. The molecule has 0 spiro atoms. The van der Waals surface area contributed by atoms with E-state index in [9.17, 15) is 4.79 Å². The van der Waals surface area contributed by atoms with Gasteiger partial charge in [-0.3, -0.25) is 0 Å². The lowest BCUT2D eigenvalue weighted by Gasteiger charge is -2.04. The standard InChI is InChI=1S/C12H15NO2/c1-2-3-4-8-13-11-7-5-6-10(9-11)12(14)15/h2-3,5-7,9,13H,4,8H2,1H3,(H,14,15)/b3-2+. The summed E-state index contributed by atoms with van der Waals surface area (Å²) in [4.78, 5) is 10.7. The van der Waals surface area contributed by atoms with Gasteiger partial charge in [0.25, 0.3) is 0 Å². The van der Waals surface area contributed by atoms with E-state index in [1.54, 1.807) is 18.2 Å². The molecule has 0 atom stereocenters. The molecule has 3 nitrogen and oxygen atoms in total. The van der Waals surface area contributed by atoms with Crippen molar-refractivity contribution in [1.82, 2.24) is 0 Å². The first-order valence-electron chi connectivity index (χ1n) is 4.92. The molecule has 0 aromatic heterocycles. The molecule has 1 aromatic rings. The molecule has 0 bridgehead atoms. The first-order valence-corrected chi connectivity index (χ1v) is 4.92. The summed E-state index contributed by atoms with van der Waals surface area (Å²) in [6, 6.07) is 6.82. The molecule has 0 aliphatic rings. The van der Waals surface area contributed by atoms with Gasteiger partial charge in [-0.2, -0.15) is 0 Å². The van der Waals surface area contributed by atoms with E-state index >= 15 is 0 Å². The third-order valence-corrected chi connectivity index (χ3v) is 1.99. The van der Waals surface area contributed by atoms with Gasteiger partial charge in [-0.25, -0.2) is 4.79 Å². The summed E-state index contributed by atoms with van der Waals surface area (Å²) in [6.45, 7) is 2.79. The van der Waals surface area contributed by atoms with Crippen LogP contribution in [0.5, 0.6) is 0 Å². The lowest BCUT2D eigenvalue weighted by atomic mass is 10.2. The average molecular weight is 205 g/mol. The van der Waals surface area contributed by atoms with Crippen LogP contribution in [0.4, 0.5) is 5.69 Å². The van der Waals surface area contributed by atoms with Crippen LogP contribution in [0.3, 0.4) is 0 Å². The molecule has 0 radical (unpaired) electrons. The summed E-state index contributed by atoms with van der Waals surface area (Å²) in [5, 5.41) is 11.9. The van der Waals surface area contributed by atoms with Crippen LogP contribution in [0.2, 0.25) is 0 Å². The zero-order chi connectivity index (χ0) is 11.1. The first-order chi connectivity index (χ1) is 7.24. The summed E-state index contributed by atoms with van der Waals surface area (Å²) in [6.07, 6.45) is 5.00. The topological polar surface area (TPSA) is 49.3 Å². The molecule has 0 saturated carbocycles. The van der Waals surface area contributed by atoms with E-state index in [-0.39, 0.29) is 0 Å². The third-order valence-electron chi connectivity index (χ3n) is 1.99. The molecular formula is C12H15NO2. The number of hydrogen-bond acceptors (Lipinski definition) is 2. The van der Waals surface area contributed by atoms with Crippen LogP contribution < -0.4 is 5.32 Å². The summed E-state index contributed by atoms with van der Waals surface area (Å²) in [5.74, 6) is -0.896. The van der Waals surface area contributed by atoms with Crippen molar-refractivity contribution < 1.29 is 9.90 Å². The number of aromatic carboxylic acids is 1. The number of benzene rings is 1. The minimum Gasteiger partial charge on any atom is -0.478 e. The van der Waals surface area contributed by atoms with Crippen LogP contribution in [0.1, 0.15) is 23.7 Å². The molecule has 0 unspecified atom stereocenters. The fourth-order valence-electron chi connectivity index (χ4n) is 1.23. The predicted molar refractivity (Wildman–Crippen MR) is 61.3 cm³/mol. The second-order valence-electron chi connectivity index (χ2n) is 3.17. The van der Waals surface area contributed by atoms with Gasteiger partial charge < -0.3 is 10.4 Å². The Bertz CT molecular complexity index is 358. The monoisotopic (exact) mass is 205 g/mol. The van der Waals surface area contributed by atoms with Crippen molar-refractivity contribution in [3.63, 3.8) is 0 Å². The molecular weight excluding hydrogens is 190 g/mol. The lowest BCUT2D eigenvalue weighted by Crippen LogP contribution is -2.02. The number of carbonyl (C=O) groups is 1. The van der Waals surface area contributed by atoms with Gasteiger partial charge in [0.15, 0.2) is 0 Å². The van der Waals surface area contributed by atoms with Crippen molar-refractivity contribution in [2.24, 2.45) is 0 Å². The van der Waals surface area contributed by atoms with E-state index in [1.165, 1.54) is 0 Å². The van der Waals surface area contributed by atoms with Gasteiger partial charge >= 0.3 is 5.97 Å². The van der Waals surface area contributed by atoms with E-state index in [2.05, 4.69) is 11.4 Å². The van der Waals surface area contributed by atoms with Crippen molar-refractivity contribution in [1.29, 1.82) is 0 Å². The molecule has 0 fully saturated rings. The fourth-order valence-corrected chi connectivity index (χ4v) is 1.23. The molecule has 1 rings (SSSR count). The highest BCUT2D eigenvalue weighted by Gasteiger charge is 2.01. The van der Waals surface area contributed by atoms with E-state index in [4.69, 9.17) is 5.11 Å². The Morgan fingerprint density at radius 3 is 3.00 bits per heavy atom. The molecule has 80 valence electrons. The van der Waals surface area contributed by atoms with Gasteiger partial charge in [0, 0.05) is 12.2 Å². The largest absolute Gasteiger partial charge is 0.478 e. The van der Waals surface area contributed by atoms with Crippen LogP contribution in [-0.4, -0.2) is 17.6 Å². The summed E-state index contributed by atoms with van der Waals surface area (Å²) >= 11 is 0. The van der Waals surface area contributed by atoms with Crippen molar-refractivity contribution >= 4 is 11.7 Å². The highest BCUT2D eigenvalue weighted by molar-refractivity contribution is 5.88. The quantitative estimate of drug-likeness (QED) is 0.574. The maximum absolute atomic E-state index is 10.7. The van der Waals surface area contributed by atoms with Crippen molar-refractivity contribution in [2.75, 3.05) is 11.9 Å². The molecule has 3 heteroatoms. The van der Waals surface area contributed by atoms with E-state index in [1.807, 2.05) is 19.1 Å². The Labute approximate surface area is 89.4 Å². The zero-order valence-corrected chi connectivity index (χ0v) is 8.73. The maximum Gasteiger partial charge on any atom is 0.335 e. The number of rotatable bonds is 5. The normalized spacial score (nSPS) is 10.5. The zero-order valence-electron chi connectivity index (χ0n) is 8.73. The highest BCUT2D eigenvalue weighted by Crippen LogP contribution is 2.10. The van der Waals surface area contributed by atoms with Crippen LogP contribution >= 0.6 is 0 Å². The van der Waals surface area contributed by atoms with Crippen LogP contribution in [0.15, 0.2) is 36.4 Å². The second kappa shape index (κ2) is 5.86. The lowest BCUT2D eigenvalue weighted by molar-refractivity contribution is 0.0697. The number of allylic oxidation sites excluding steroid dienone is 1. The first kappa shape index (κ1) is 11.3. The minimum absolute atomic E-state index is 0.311. The summed E-state index contributed by atoms with van der Waals surface area (Å²) in [7, 11) is 0. The smallest absolute Gasteiger partial charge is 0.335 e. The number of anilines is 1. The van der Waals surface area contributed by atoms with Crippen molar-refractivity contribution in [2.45, 2.75) is 13.3 Å². The van der Waals surface area contributed by atoms with Crippen LogP contribution in [0, 0.1) is 0 Å². The average Bonchev–Trinajstić information content (AvgIpc) is 2.25. The molecule has 0 amide bonds. The van der Waals surface area contributed by atoms with E-state index < -0.39 is 5.97 Å². The molecule has 0 aliphatic heterocycles. The van der Waals surface area contributed by atoms with E-state index in [0.29, 0.717) is 5.56 Å². The second-order valence-corrected chi connectivity index (χ2v) is 3.17. The number of carboxylic acids is 1. The Morgan fingerprint density at radius 2 is 2.33 bits per heavy atom. The Balaban J connectivity index is 2.54. The SMILES string of the molecule is C/C=C/CCNc1cccc(C(=O)O)c1. The number of carboxylic acid groups (broad SMARTS) is 1. The maximum atomic E-state index is 10.7. The Morgan fingerprint density at radius 1 is 1.53 bits per heavy atom. The van der Waals surface area contributed by atoms with Gasteiger partial charge in [-0.1, -0.05) is 18.2 Å². The Hall–Kier alpha value is -1.77. The minimum atomic E-state index is -0.896. The van der Waals surface area contributed by atoms with E-state index in [0.717, 1.165) is 18.7 Å². The van der Waals surface area contributed by atoms with Gasteiger partial charge in [0.05, 0.1) is 5.56 Å². The fraction of sp³-hybridized carbons (Fsp3) is 0.250. The third kappa shape index (κ3) is 3.85. The van der Waals surface area contributed by atoms with Gasteiger partial charge in [-0.05, 0) is 31.5 Å². The van der Waals surface area contributed by atoms with Crippen LogP contribution in [0.25, 0.3) is 0 Å². The molecule has 0 aliphatic carbocycles. The predicted octanol–water partition coefficient (Wildman–Crippen LogP) is 2.76. The van der Waals surface area contributed by atoms with Crippen LogP contribution in [-0.2, 0) is 0 Å². The van der Waals surface area contributed by atoms with Gasteiger partial charge in [0.2, 0.25) is 0 Å². The number of hydrogen-bond donors (Lipinski definition) is 2. The summed E-state index contributed by atoms with van der Waals surface area (Å²) in [5.41, 5.74) is 1.16. The molecule has 0 heterocycles. The van der Waals surface area contributed by atoms with Gasteiger partial charge in [-0.15, -0.1) is 0 Å². The number of nitrogens with one attached hydrogen (secondary N) is 1. The van der Waals surface area contributed by atoms with Crippen molar-refractivity contribution in [3.05, 3.63) is 42.0 Å². The summed E-state index contributed by atoms with van der Waals surface area (Å²) < 4.78 is 0.